The highest BCUT2D eigenvalue weighted by Gasteiger charge is 2.23. The van der Waals surface area contributed by atoms with Crippen molar-refractivity contribution in [2.45, 2.75) is 39.2 Å². The Morgan fingerprint density at radius 3 is 2.49 bits per heavy atom. The molecule has 0 radical (unpaired) electrons. The average Bonchev–Trinajstić information content (AvgIpc) is 3.38. The first-order chi connectivity index (χ1) is 17.0. The molecule has 0 heterocycles. The van der Waals surface area contributed by atoms with Gasteiger partial charge in [-0.2, -0.15) is 0 Å². The molecule has 0 spiro atoms. The summed E-state index contributed by atoms with van der Waals surface area (Å²) >= 11 is 6.40. The van der Waals surface area contributed by atoms with Crippen LogP contribution >= 0.6 is 11.6 Å². The fraction of sp³-hybridized carbons (Fsp3) is 0.241. The first-order valence-electron chi connectivity index (χ1n) is 11.7. The Balaban J connectivity index is 1.73. The molecule has 35 heavy (non-hydrogen) atoms. The van der Waals surface area contributed by atoms with E-state index in [1.165, 1.54) is 7.11 Å². The molecule has 1 aliphatic carbocycles. The molecule has 0 saturated heterocycles. The van der Waals surface area contributed by atoms with Gasteiger partial charge in [-0.05, 0) is 71.9 Å². The SMILES string of the molecule is CCC(=O)Nc1ccc(C2=C(c3cc(Cl)ccc3OCc3ccccc3)CCC2)cc1C(=O)OC. The number of carbonyl (C=O) groups excluding carboxylic acids is 2. The van der Waals surface area contributed by atoms with E-state index in [0.29, 0.717) is 29.3 Å². The predicted molar refractivity (Wildman–Crippen MR) is 140 cm³/mol. The molecule has 3 aromatic rings. The normalized spacial score (nSPS) is 13.0. The van der Waals surface area contributed by atoms with Crippen molar-refractivity contribution in [2.75, 3.05) is 12.4 Å². The maximum Gasteiger partial charge on any atom is 0.339 e. The van der Waals surface area contributed by atoms with Crippen molar-refractivity contribution in [1.82, 2.24) is 0 Å². The zero-order chi connectivity index (χ0) is 24.8. The summed E-state index contributed by atoms with van der Waals surface area (Å²) in [6.07, 6.45) is 3.04. The van der Waals surface area contributed by atoms with Crippen molar-refractivity contribution >= 4 is 40.3 Å². The van der Waals surface area contributed by atoms with Gasteiger partial charge in [0, 0.05) is 17.0 Å². The van der Waals surface area contributed by atoms with Crippen LogP contribution in [0.2, 0.25) is 5.02 Å². The predicted octanol–water partition coefficient (Wildman–Crippen LogP) is 7.15. The number of anilines is 1. The topological polar surface area (TPSA) is 64.6 Å². The molecular weight excluding hydrogens is 462 g/mol. The van der Waals surface area contributed by atoms with Crippen molar-refractivity contribution in [3.05, 3.63) is 94.0 Å². The molecule has 0 aliphatic heterocycles. The Labute approximate surface area is 210 Å². The maximum absolute atomic E-state index is 12.5. The molecule has 0 saturated carbocycles. The first-order valence-corrected chi connectivity index (χ1v) is 12.1. The molecule has 3 aromatic carbocycles. The lowest BCUT2D eigenvalue weighted by molar-refractivity contribution is -0.115. The molecule has 180 valence electrons. The number of hydrogen-bond acceptors (Lipinski definition) is 4. The number of hydrogen-bond donors (Lipinski definition) is 1. The number of carbonyl (C=O) groups is 2. The smallest absolute Gasteiger partial charge is 0.339 e. The van der Waals surface area contributed by atoms with Crippen LogP contribution in [0.25, 0.3) is 11.1 Å². The van der Waals surface area contributed by atoms with E-state index >= 15 is 0 Å². The summed E-state index contributed by atoms with van der Waals surface area (Å²) in [6.45, 7) is 2.22. The van der Waals surface area contributed by atoms with E-state index in [1.807, 2.05) is 54.6 Å². The summed E-state index contributed by atoms with van der Waals surface area (Å²) in [5, 5.41) is 3.43. The maximum atomic E-state index is 12.5. The molecular formula is C29H28ClNO4. The number of benzene rings is 3. The lowest BCUT2D eigenvalue weighted by Crippen LogP contribution is -2.14. The summed E-state index contributed by atoms with van der Waals surface area (Å²) in [5.74, 6) is 0.114. The van der Waals surface area contributed by atoms with E-state index in [4.69, 9.17) is 21.1 Å². The van der Waals surface area contributed by atoms with E-state index in [9.17, 15) is 9.59 Å². The molecule has 1 amide bonds. The van der Waals surface area contributed by atoms with Gasteiger partial charge < -0.3 is 14.8 Å². The number of ether oxygens (including phenoxy) is 2. The van der Waals surface area contributed by atoms with Gasteiger partial charge in [0.25, 0.3) is 0 Å². The Morgan fingerprint density at radius 1 is 0.971 bits per heavy atom. The number of methoxy groups -OCH3 is 1. The minimum atomic E-state index is -0.493. The highest BCUT2D eigenvalue weighted by atomic mass is 35.5. The standard InChI is InChI=1S/C29H28ClNO4/c1-3-28(32)31-26-14-12-20(16-25(26)29(33)34-2)22-10-7-11-23(22)24-17-21(30)13-15-27(24)35-18-19-8-5-4-6-9-19/h4-6,8-9,12-17H,3,7,10-11,18H2,1-2H3,(H,31,32). The quantitative estimate of drug-likeness (QED) is 0.341. The van der Waals surface area contributed by atoms with E-state index in [1.54, 1.807) is 19.1 Å². The molecule has 1 N–H and O–H groups in total. The van der Waals surface area contributed by atoms with Gasteiger partial charge in [0.05, 0.1) is 18.4 Å². The Kier molecular flexibility index (Phi) is 7.88. The number of rotatable bonds is 8. The van der Waals surface area contributed by atoms with Crippen LogP contribution in [0.1, 0.15) is 59.7 Å². The zero-order valence-electron chi connectivity index (χ0n) is 19.9. The number of halogens is 1. The summed E-state index contributed by atoms with van der Waals surface area (Å²) in [6, 6.07) is 21.2. The zero-order valence-corrected chi connectivity index (χ0v) is 20.7. The second-order valence-corrected chi connectivity index (χ2v) is 8.82. The third-order valence-electron chi connectivity index (χ3n) is 6.09. The lowest BCUT2D eigenvalue weighted by Gasteiger charge is -2.16. The van der Waals surface area contributed by atoms with Gasteiger partial charge in [-0.3, -0.25) is 4.79 Å². The van der Waals surface area contributed by atoms with Crippen LogP contribution < -0.4 is 10.1 Å². The molecule has 5 nitrogen and oxygen atoms in total. The third-order valence-corrected chi connectivity index (χ3v) is 6.33. The monoisotopic (exact) mass is 489 g/mol. The van der Waals surface area contributed by atoms with Gasteiger partial charge >= 0.3 is 5.97 Å². The molecule has 0 aromatic heterocycles. The van der Waals surface area contributed by atoms with Gasteiger partial charge in [0.1, 0.15) is 12.4 Å². The van der Waals surface area contributed by atoms with Gasteiger partial charge in [0.15, 0.2) is 0 Å². The molecule has 4 rings (SSSR count). The number of esters is 1. The van der Waals surface area contributed by atoms with E-state index in [0.717, 1.165) is 52.8 Å². The second kappa shape index (κ2) is 11.2. The van der Waals surface area contributed by atoms with Gasteiger partial charge in [-0.1, -0.05) is 54.9 Å². The third kappa shape index (κ3) is 5.75. The Morgan fingerprint density at radius 2 is 1.74 bits per heavy atom. The van der Waals surface area contributed by atoms with Crippen molar-refractivity contribution in [3.8, 4) is 5.75 Å². The molecule has 0 fully saturated rings. The molecule has 0 unspecified atom stereocenters. The highest BCUT2D eigenvalue weighted by Crippen LogP contribution is 2.44. The fourth-order valence-electron chi connectivity index (χ4n) is 4.32. The molecule has 1 aliphatic rings. The Bertz CT molecular complexity index is 1270. The number of nitrogens with one attached hydrogen (secondary N) is 1. The van der Waals surface area contributed by atoms with Crippen molar-refractivity contribution in [1.29, 1.82) is 0 Å². The van der Waals surface area contributed by atoms with E-state index in [-0.39, 0.29) is 5.91 Å². The fourth-order valence-corrected chi connectivity index (χ4v) is 4.49. The van der Waals surface area contributed by atoms with Crippen LogP contribution in [-0.2, 0) is 16.1 Å². The highest BCUT2D eigenvalue weighted by molar-refractivity contribution is 6.30. The second-order valence-electron chi connectivity index (χ2n) is 8.38. The van der Waals surface area contributed by atoms with Crippen molar-refractivity contribution in [2.24, 2.45) is 0 Å². The first kappa shape index (κ1) is 24.6. The van der Waals surface area contributed by atoms with Crippen LogP contribution in [0, 0.1) is 0 Å². The van der Waals surface area contributed by atoms with Crippen LogP contribution in [0.3, 0.4) is 0 Å². The lowest BCUT2D eigenvalue weighted by atomic mass is 9.94. The van der Waals surface area contributed by atoms with Crippen molar-refractivity contribution < 1.29 is 19.1 Å². The largest absolute Gasteiger partial charge is 0.488 e. The van der Waals surface area contributed by atoms with Crippen LogP contribution in [0.5, 0.6) is 5.75 Å². The van der Waals surface area contributed by atoms with Crippen LogP contribution in [0.4, 0.5) is 5.69 Å². The number of amides is 1. The molecule has 6 heteroatoms. The van der Waals surface area contributed by atoms with E-state index < -0.39 is 5.97 Å². The minimum absolute atomic E-state index is 0.164. The molecule has 0 bridgehead atoms. The summed E-state index contributed by atoms with van der Waals surface area (Å²) in [7, 11) is 1.34. The average molecular weight is 490 g/mol. The van der Waals surface area contributed by atoms with Crippen LogP contribution in [0.15, 0.2) is 66.7 Å². The van der Waals surface area contributed by atoms with Crippen molar-refractivity contribution in [3.63, 3.8) is 0 Å². The Hall–Kier alpha value is -3.57. The number of allylic oxidation sites excluding steroid dienone is 2. The van der Waals surface area contributed by atoms with Gasteiger partial charge in [-0.15, -0.1) is 0 Å². The van der Waals surface area contributed by atoms with Gasteiger partial charge in [0.2, 0.25) is 5.91 Å². The summed E-state index contributed by atoms with van der Waals surface area (Å²) < 4.78 is 11.2. The van der Waals surface area contributed by atoms with Crippen LogP contribution in [-0.4, -0.2) is 19.0 Å². The minimum Gasteiger partial charge on any atom is -0.488 e. The summed E-state index contributed by atoms with van der Waals surface area (Å²) in [4.78, 5) is 24.5. The molecule has 0 atom stereocenters. The summed E-state index contributed by atoms with van der Waals surface area (Å²) in [5.41, 5.74) is 6.03. The van der Waals surface area contributed by atoms with Gasteiger partial charge in [-0.25, -0.2) is 4.79 Å². The van der Waals surface area contributed by atoms with E-state index in [2.05, 4.69) is 5.32 Å².